The first-order chi connectivity index (χ1) is 16.0. The van der Waals surface area contributed by atoms with Crippen molar-refractivity contribution in [3.63, 3.8) is 0 Å². The van der Waals surface area contributed by atoms with Gasteiger partial charge in [-0.15, -0.1) is 0 Å². The Bertz CT molecular complexity index is 856. The number of imide groups is 1. The molecular weight excluding hydrogens is 434 g/mol. The van der Waals surface area contributed by atoms with Crippen molar-refractivity contribution < 1.29 is 28.7 Å². The summed E-state index contributed by atoms with van der Waals surface area (Å²) in [5.74, 6) is -0.809. The van der Waals surface area contributed by atoms with Crippen molar-refractivity contribution in [2.75, 3.05) is 6.54 Å². The van der Waals surface area contributed by atoms with Gasteiger partial charge < -0.3 is 9.47 Å². The second-order valence-electron chi connectivity index (χ2n) is 12.5. The van der Waals surface area contributed by atoms with Crippen LogP contribution in [0.4, 0.5) is 0 Å². The molecule has 4 unspecified atom stereocenters. The number of amides is 2. The zero-order valence-electron chi connectivity index (χ0n) is 20.9. The molecule has 1 aliphatic heterocycles. The lowest BCUT2D eigenvalue weighted by molar-refractivity contribution is -0.220. The minimum atomic E-state index is -0.618. The van der Waals surface area contributed by atoms with Crippen LogP contribution in [-0.2, 0) is 28.7 Å². The molecule has 6 fully saturated rings. The van der Waals surface area contributed by atoms with Crippen LogP contribution < -0.4 is 0 Å². The van der Waals surface area contributed by atoms with Crippen molar-refractivity contribution in [1.82, 2.24) is 4.90 Å². The van der Waals surface area contributed by atoms with E-state index in [1.807, 2.05) is 0 Å². The molecule has 4 atom stereocenters. The van der Waals surface area contributed by atoms with Gasteiger partial charge >= 0.3 is 11.9 Å². The van der Waals surface area contributed by atoms with E-state index in [0.29, 0.717) is 18.3 Å². The maximum absolute atomic E-state index is 13.6. The fraction of sp³-hybridized carbons (Fsp3) is 0.852. The van der Waals surface area contributed by atoms with Crippen LogP contribution in [0.15, 0.2) is 0 Å². The molecule has 7 heteroatoms. The first-order valence-corrected chi connectivity index (χ1v) is 13.3. The van der Waals surface area contributed by atoms with Crippen molar-refractivity contribution in [3.05, 3.63) is 0 Å². The van der Waals surface area contributed by atoms with Crippen LogP contribution in [0.25, 0.3) is 0 Å². The molecule has 0 N–H and O–H groups in total. The van der Waals surface area contributed by atoms with Crippen molar-refractivity contribution in [1.29, 1.82) is 0 Å². The quantitative estimate of drug-likeness (QED) is 0.425. The van der Waals surface area contributed by atoms with Gasteiger partial charge in [-0.3, -0.25) is 24.1 Å². The first kappa shape index (κ1) is 23.8. The molecule has 0 radical (unpaired) electrons. The summed E-state index contributed by atoms with van der Waals surface area (Å²) in [6, 6.07) is 0. The van der Waals surface area contributed by atoms with E-state index in [4.69, 9.17) is 9.47 Å². The van der Waals surface area contributed by atoms with Gasteiger partial charge in [0.1, 0.15) is 11.2 Å². The average molecular weight is 474 g/mol. The molecule has 7 nitrogen and oxygen atoms in total. The Balaban J connectivity index is 1.25. The number of hydrogen-bond acceptors (Lipinski definition) is 6. The van der Waals surface area contributed by atoms with Gasteiger partial charge in [-0.25, -0.2) is 0 Å². The maximum atomic E-state index is 13.6. The van der Waals surface area contributed by atoms with E-state index in [9.17, 15) is 19.2 Å². The van der Waals surface area contributed by atoms with Gasteiger partial charge in [-0.05, 0) is 76.5 Å². The Hall–Kier alpha value is -1.92. The van der Waals surface area contributed by atoms with Crippen LogP contribution in [0.3, 0.4) is 0 Å². The fourth-order valence-corrected chi connectivity index (χ4v) is 8.01. The molecule has 34 heavy (non-hydrogen) atoms. The molecule has 1 saturated heterocycles. The third-order valence-electron chi connectivity index (χ3n) is 9.62. The van der Waals surface area contributed by atoms with Gasteiger partial charge in [-0.2, -0.15) is 0 Å². The van der Waals surface area contributed by atoms with Crippen molar-refractivity contribution >= 4 is 23.8 Å². The topological polar surface area (TPSA) is 90.0 Å². The van der Waals surface area contributed by atoms with Crippen LogP contribution in [0, 0.1) is 29.1 Å². The van der Waals surface area contributed by atoms with Crippen LogP contribution >= 0.6 is 0 Å². The smallest absolute Gasteiger partial charge is 0.312 e. The van der Waals surface area contributed by atoms with E-state index >= 15 is 0 Å². The molecule has 188 valence electrons. The fourth-order valence-electron chi connectivity index (χ4n) is 8.01. The minimum Gasteiger partial charge on any atom is -0.459 e. The van der Waals surface area contributed by atoms with Crippen LogP contribution in [0.5, 0.6) is 0 Å². The predicted octanol–water partition coefficient (Wildman–Crippen LogP) is 4.17. The summed E-state index contributed by atoms with van der Waals surface area (Å²) >= 11 is 0. The normalized spacial score (nSPS) is 40.5. The van der Waals surface area contributed by atoms with Gasteiger partial charge in [0.25, 0.3) is 0 Å². The molecule has 0 aromatic carbocycles. The highest BCUT2D eigenvalue weighted by atomic mass is 16.6. The Kier molecular flexibility index (Phi) is 5.84. The number of likely N-dealkylation sites (tertiary alicyclic amines) is 1. The van der Waals surface area contributed by atoms with Gasteiger partial charge in [0.15, 0.2) is 0 Å². The lowest BCUT2D eigenvalue weighted by Gasteiger charge is -2.60. The van der Waals surface area contributed by atoms with E-state index in [2.05, 4.69) is 6.92 Å². The Morgan fingerprint density at radius 3 is 2.09 bits per heavy atom. The van der Waals surface area contributed by atoms with Crippen molar-refractivity contribution in [3.8, 4) is 0 Å². The predicted molar refractivity (Wildman–Crippen MR) is 123 cm³/mol. The average Bonchev–Trinajstić information content (AvgIpc) is 2.94. The third-order valence-corrected chi connectivity index (χ3v) is 9.62. The van der Waals surface area contributed by atoms with E-state index in [-0.39, 0.29) is 54.2 Å². The van der Waals surface area contributed by atoms with Gasteiger partial charge in [0.2, 0.25) is 11.8 Å². The molecule has 6 aliphatic rings. The molecule has 0 aromatic rings. The van der Waals surface area contributed by atoms with E-state index in [1.54, 1.807) is 13.8 Å². The summed E-state index contributed by atoms with van der Waals surface area (Å²) in [4.78, 5) is 52.4. The second-order valence-corrected chi connectivity index (χ2v) is 12.5. The zero-order valence-corrected chi connectivity index (χ0v) is 20.9. The Morgan fingerprint density at radius 2 is 1.50 bits per heavy atom. The third kappa shape index (κ3) is 4.07. The van der Waals surface area contributed by atoms with E-state index in [0.717, 1.165) is 57.8 Å². The molecule has 2 amide bonds. The molecule has 0 aromatic heterocycles. The largest absolute Gasteiger partial charge is 0.459 e. The van der Waals surface area contributed by atoms with Crippen LogP contribution in [0.1, 0.15) is 97.8 Å². The number of hydrogen-bond donors (Lipinski definition) is 0. The SMILES string of the molecule is CC1C(=O)N(CCC(=O)OC23CC4CC(C2)CC(C(=O)OC2(C)CCCCC2)(C4)C3)C(=O)C1C. The summed E-state index contributed by atoms with van der Waals surface area (Å²) in [7, 11) is 0. The minimum absolute atomic E-state index is 0.00349. The van der Waals surface area contributed by atoms with E-state index < -0.39 is 11.0 Å². The monoisotopic (exact) mass is 473 g/mol. The number of ether oxygens (including phenoxy) is 2. The van der Waals surface area contributed by atoms with E-state index in [1.165, 1.54) is 11.3 Å². The molecular formula is C27H39NO6. The number of rotatable bonds is 6. The zero-order chi connectivity index (χ0) is 24.3. The summed E-state index contributed by atoms with van der Waals surface area (Å²) < 4.78 is 12.3. The molecule has 4 bridgehead atoms. The molecule has 0 spiro atoms. The highest BCUT2D eigenvalue weighted by Crippen LogP contribution is 2.63. The maximum Gasteiger partial charge on any atom is 0.312 e. The summed E-state index contributed by atoms with van der Waals surface area (Å²) in [6.45, 7) is 5.65. The molecule has 5 saturated carbocycles. The molecule has 5 aliphatic carbocycles. The summed E-state index contributed by atoms with van der Waals surface area (Å²) in [5.41, 5.74) is -1.53. The summed E-state index contributed by atoms with van der Waals surface area (Å²) in [5, 5.41) is 0. The Morgan fingerprint density at radius 1 is 0.912 bits per heavy atom. The second kappa shape index (κ2) is 8.34. The lowest BCUT2D eigenvalue weighted by atomic mass is 9.48. The number of esters is 2. The van der Waals surface area contributed by atoms with Crippen molar-refractivity contribution in [2.45, 2.75) is 109 Å². The van der Waals surface area contributed by atoms with Crippen LogP contribution in [0.2, 0.25) is 0 Å². The van der Waals surface area contributed by atoms with Crippen molar-refractivity contribution in [2.24, 2.45) is 29.1 Å². The van der Waals surface area contributed by atoms with Gasteiger partial charge in [0.05, 0.1) is 11.8 Å². The van der Waals surface area contributed by atoms with Crippen LogP contribution in [-0.4, -0.2) is 46.4 Å². The standard InChI is InChI=1S/C27H39NO6/c1-17-18(2)23(31)28(22(17)30)10-7-21(29)33-27-14-19-11-20(15-27)13-26(12-19,16-27)24(32)34-25(3)8-5-4-6-9-25/h17-20H,4-16H2,1-3H3. The molecule has 1 heterocycles. The first-order valence-electron chi connectivity index (χ1n) is 13.3. The highest BCUT2D eigenvalue weighted by Gasteiger charge is 2.63. The Labute approximate surface area is 202 Å². The number of carbonyl (C=O) groups excluding carboxylic acids is 4. The number of carbonyl (C=O) groups is 4. The van der Waals surface area contributed by atoms with Gasteiger partial charge in [0, 0.05) is 24.8 Å². The lowest BCUT2D eigenvalue weighted by Crippen LogP contribution is -2.60. The highest BCUT2D eigenvalue weighted by molar-refractivity contribution is 6.04. The van der Waals surface area contributed by atoms with Gasteiger partial charge in [-0.1, -0.05) is 20.3 Å². The molecule has 6 rings (SSSR count). The summed E-state index contributed by atoms with van der Waals surface area (Å²) in [6.07, 6.45) is 10.2. The number of nitrogens with zero attached hydrogens (tertiary/aromatic N) is 1.